The maximum absolute atomic E-state index is 13.2. The summed E-state index contributed by atoms with van der Waals surface area (Å²) in [6, 6.07) is 14.1. The van der Waals surface area contributed by atoms with Gasteiger partial charge in [0.1, 0.15) is 18.0 Å². The molecule has 2 aromatic rings. The van der Waals surface area contributed by atoms with Crippen molar-refractivity contribution in [1.82, 2.24) is 4.67 Å². The maximum atomic E-state index is 13.2. The van der Waals surface area contributed by atoms with E-state index in [1.54, 1.807) is 24.3 Å². The lowest BCUT2D eigenvalue weighted by Crippen LogP contribution is -2.36. The largest absolute Gasteiger partial charge is 0.480 e. The smallest absolute Gasteiger partial charge is 0.318 e. The van der Waals surface area contributed by atoms with Crippen molar-refractivity contribution in [2.45, 2.75) is 6.42 Å². The lowest BCUT2D eigenvalue weighted by Gasteiger charge is -2.34. The molecule has 0 aromatic heterocycles. The van der Waals surface area contributed by atoms with Gasteiger partial charge in [-0.1, -0.05) is 15.9 Å². The van der Waals surface area contributed by atoms with E-state index in [2.05, 4.69) is 15.9 Å². The van der Waals surface area contributed by atoms with Crippen LogP contribution in [0.5, 0.6) is 11.5 Å². The van der Waals surface area contributed by atoms with Crippen molar-refractivity contribution in [2.75, 3.05) is 19.7 Å². The molecule has 0 aliphatic carbocycles. The molecule has 0 bridgehead atoms. The van der Waals surface area contributed by atoms with E-state index in [0.29, 0.717) is 36.4 Å². The van der Waals surface area contributed by atoms with Crippen molar-refractivity contribution in [3.8, 4) is 11.5 Å². The summed E-state index contributed by atoms with van der Waals surface area (Å²) in [4.78, 5) is 11.0. The van der Waals surface area contributed by atoms with Gasteiger partial charge < -0.3 is 14.4 Å². The first-order valence-electron chi connectivity index (χ1n) is 7.73. The van der Waals surface area contributed by atoms with Crippen LogP contribution < -0.4 is 10.0 Å². The Morgan fingerprint density at radius 1 is 1.16 bits per heavy atom. The lowest BCUT2D eigenvalue weighted by molar-refractivity contribution is -0.137. The van der Waals surface area contributed by atoms with Gasteiger partial charge in [-0.25, -0.2) is 4.67 Å². The minimum Gasteiger partial charge on any atom is -0.480 e. The van der Waals surface area contributed by atoms with Crippen molar-refractivity contribution in [2.24, 2.45) is 0 Å². The molecule has 25 heavy (non-hydrogen) atoms. The summed E-state index contributed by atoms with van der Waals surface area (Å²) in [5, 5.41) is 9.50. The quantitative estimate of drug-likeness (QED) is 0.732. The fourth-order valence-electron chi connectivity index (χ4n) is 2.56. The van der Waals surface area contributed by atoms with E-state index < -0.39 is 13.5 Å². The van der Waals surface area contributed by atoms with E-state index in [4.69, 9.17) is 14.4 Å². The normalized spacial score (nSPS) is 21.0. The molecule has 1 aliphatic heterocycles. The Bertz CT molecular complexity index is 794. The highest BCUT2D eigenvalue weighted by Crippen LogP contribution is 2.52. The first kappa shape index (κ1) is 18.1. The molecule has 8 heteroatoms. The average Bonchev–Trinajstić information content (AvgIpc) is 2.59. The van der Waals surface area contributed by atoms with Crippen molar-refractivity contribution < 1.29 is 23.7 Å². The lowest BCUT2D eigenvalue weighted by atomic mass is 10.3. The average molecular weight is 426 g/mol. The van der Waals surface area contributed by atoms with Crippen LogP contribution in [-0.4, -0.2) is 35.4 Å². The number of carbonyl (C=O) groups is 1. The van der Waals surface area contributed by atoms with Crippen LogP contribution in [0.1, 0.15) is 6.42 Å². The van der Waals surface area contributed by atoms with Crippen LogP contribution in [0.3, 0.4) is 0 Å². The second kappa shape index (κ2) is 7.70. The van der Waals surface area contributed by atoms with Crippen LogP contribution in [0.4, 0.5) is 0 Å². The predicted octanol–water partition coefficient (Wildman–Crippen LogP) is 3.87. The molecule has 1 N–H and O–H groups in total. The minimum atomic E-state index is -3.35. The molecule has 0 saturated carbocycles. The molecule has 132 valence electrons. The predicted molar refractivity (Wildman–Crippen MR) is 97.7 cm³/mol. The molecule has 1 unspecified atom stereocenters. The molecule has 0 spiro atoms. The fourth-order valence-corrected chi connectivity index (χ4v) is 5.07. The first-order valence-corrected chi connectivity index (χ1v) is 10.1. The molecule has 2 aromatic carbocycles. The minimum absolute atomic E-state index is 0.311. The Morgan fingerprint density at radius 2 is 1.76 bits per heavy atom. The summed E-state index contributed by atoms with van der Waals surface area (Å²) in [7, 11) is -3.35. The van der Waals surface area contributed by atoms with E-state index in [-0.39, 0.29) is 6.54 Å². The van der Waals surface area contributed by atoms with Gasteiger partial charge in [0.25, 0.3) is 0 Å². The number of carboxylic acids is 1. The highest BCUT2D eigenvalue weighted by molar-refractivity contribution is 9.10. The van der Waals surface area contributed by atoms with Crippen LogP contribution >= 0.6 is 23.4 Å². The number of aliphatic carboxylic acids is 1. The van der Waals surface area contributed by atoms with Crippen LogP contribution in [0.2, 0.25) is 0 Å². The summed E-state index contributed by atoms with van der Waals surface area (Å²) < 4.78 is 26.8. The third kappa shape index (κ3) is 4.30. The van der Waals surface area contributed by atoms with Crippen LogP contribution in [0, 0.1) is 0 Å². The van der Waals surface area contributed by atoms with Crippen LogP contribution in [0.15, 0.2) is 53.0 Å². The van der Waals surface area contributed by atoms with Gasteiger partial charge in [0, 0.05) is 11.0 Å². The van der Waals surface area contributed by atoms with Crippen LogP contribution in [0.25, 0.3) is 0 Å². The molecule has 6 nitrogen and oxygen atoms in total. The zero-order valence-electron chi connectivity index (χ0n) is 13.3. The molecule has 1 atom stereocenters. The second-order valence-electron chi connectivity index (χ2n) is 5.54. The van der Waals surface area contributed by atoms with Gasteiger partial charge >= 0.3 is 13.5 Å². The second-order valence-corrected chi connectivity index (χ2v) is 8.84. The Morgan fingerprint density at radius 3 is 2.36 bits per heavy atom. The highest BCUT2D eigenvalue weighted by atomic mass is 79.9. The van der Waals surface area contributed by atoms with Gasteiger partial charge in [-0.15, -0.1) is 0 Å². The van der Waals surface area contributed by atoms with Crippen molar-refractivity contribution in [3.63, 3.8) is 0 Å². The van der Waals surface area contributed by atoms with E-state index in [9.17, 15) is 9.36 Å². The van der Waals surface area contributed by atoms with Gasteiger partial charge in [0.2, 0.25) is 0 Å². The van der Waals surface area contributed by atoms with E-state index in [1.807, 2.05) is 24.3 Å². The number of rotatable bonds is 5. The van der Waals surface area contributed by atoms with Crippen molar-refractivity contribution in [3.05, 3.63) is 53.0 Å². The topological polar surface area (TPSA) is 76.1 Å². The molecule has 1 fully saturated rings. The summed E-state index contributed by atoms with van der Waals surface area (Å²) in [6.45, 7) is 0.472. The van der Waals surface area contributed by atoms with E-state index in [1.165, 1.54) is 4.67 Å². The number of hydrogen-bond donors (Lipinski definition) is 1. The zero-order valence-corrected chi connectivity index (χ0v) is 15.8. The number of benzene rings is 2. The molecule has 3 rings (SSSR count). The monoisotopic (exact) mass is 425 g/mol. The molecule has 0 amide bonds. The Balaban J connectivity index is 1.79. The van der Waals surface area contributed by atoms with Gasteiger partial charge in [-0.05, 0) is 55.0 Å². The fraction of sp³-hybridized carbons (Fsp3) is 0.235. The third-order valence-corrected chi connectivity index (χ3v) is 6.83. The number of carboxylic acid groups (broad SMARTS) is 1. The molecule has 1 saturated heterocycles. The highest BCUT2D eigenvalue weighted by Gasteiger charge is 2.37. The summed E-state index contributed by atoms with van der Waals surface area (Å²) in [6.07, 6.45) is 0.655. The van der Waals surface area contributed by atoms with E-state index >= 15 is 0 Å². The Hall–Kier alpha value is -1.66. The van der Waals surface area contributed by atoms with Gasteiger partial charge in [0.05, 0.1) is 11.9 Å². The molecule has 1 heterocycles. The van der Waals surface area contributed by atoms with Crippen molar-refractivity contribution in [1.29, 1.82) is 0 Å². The van der Waals surface area contributed by atoms with E-state index in [0.717, 1.165) is 4.47 Å². The molecular weight excluding hydrogens is 409 g/mol. The summed E-state index contributed by atoms with van der Waals surface area (Å²) in [5.41, 5.74) is 0. The third-order valence-electron chi connectivity index (χ3n) is 3.73. The maximum Gasteiger partial charge on any atom is 0.318 e. The van der Waals surface area contributed by atoms with Gasteiger partial charge in [-0.3, -0.25) is 9.36 Å². The van der Waals surface area contributed by atoms with Gasteiger partial charge in [0.15, 0.2) is 0 Å². The van der Waals surface area contributed by atoms with Gasteiger partial charge in [-0.2, -0.15) is 0 Å². The summed E-state index contributed by atoms with van der Waals surface area (Å²) in [5.74, 6) is 0.254. The molecule has 0 radical (unpaired) electrons. The SMILES string of the molecule is O=C(O)CN1CCCOP1(=O)c1ccc(Oc2ccc(Br)cc2)cc1. The first-order chi connectivity index (χ1) is 12.0. The standard InChI is InChI=1S/C17H17BrNO5P/c18-13-2-4-14(5-3-13)24-15-6-8-16(9-7-15)25(22)19(12-17(20)21)10-1-11-23-25/h2-9H,1,10-12H2,(H,20,21). The van der Waals surface area contributed by atoms with Crippen LogP contribution in [-0.2, 0) is 13.9 Å². The number of hydrogen-bond acceptors (Lipinski definition) is 4. The Labute approximate surface area is 154 Å². The molecular formula is C17H17BrNO5P. The molecule has 1 aliphatic rings. The zero-order chi connectivity index (χ0) is 17.9. The summed E-state index contributed by atoms with van der Waals surface area (Å²) >= 11 is 3.37. The van der Waals surface area contributed by atoms with Crippen molar-refractivity contribution >= 4 is 34.7 Å². The number of halogens is 1. The Kier molecular flexibility index (Phi) is 5.59. The number of ether oxygens (including phenoxy) is 1. The number of nitrogens with zero attached hydrogens (tertiary/aromatic N) is 1.